The molecular weight excluding hydrogens is 160 g/mol. The van der Waals surface area contributed by atoms with Crippen molar-refractivity contribution in [1.82, 2.24) is 10.6 Å². The first-order valence-corrected chi connectivity index (χ1v) is 3.81. The van der Waals surface area contributed by atoms with E-state index in [0.29, 0.717) is 0 Å². The van der Waals surface area contributed by atoms with Crippen LogP contribution in [0.25, 0.3) is 0 Å². The van der Waals surface area contributed by atoms with Crippen LogP contribution in [0.5, 0.6) is 0 Å². The topological polar surface area (TPSA) is 24.1 Å². The summed E-state index contributed by atoms with van der Waals surface area (Å²) in [6.07, 6.45) is 5.57. The highest BCUT2D eigenvalue weighted by Crippen LogP contribution is 2.17. The van der Waals surface area contributed by atoms with Crippen LogP contribution in [0.4, 0.5) is 0 Å². The first kappa shape index (κ1) is 8.21. The van der Waals surface area contributed by atoms with Gasteiger partial charge in [0, 0.05) is 18.9 Å². The minimum atomic E-state index is 0.736. The van der Waals surface area contributed by atoms with Crippen LogP contribution in [-0.2, 0) is 0 Å². The first-order valence-electron chi connectivity index (χ1n) is 3.43. The van der Waals surface area contributed by atoms with E-state index >= 15 is 0 Å². The summed E-state index contributed by atoms with van der Waals surface area (Å²) in [6, 6.07) is 0. The maximum atomic E-state index is 5.91. The molecule has 0 fully saturated rings. The maximum Gasteiger partial charge on any atom is 0.0758 e. The fourth-order valence-electron chi connectivity index (χ4n) is 0.829. The summed E-state index contributed by atoms with van der Waals surface area (Å²) >= 11 is 5.91. The average Bonchev–Trinajstić information content (AvgIpc) is 2.04. The molecule has 0 amide bonds. The second kappa shape index (κ2) is 3.49. The van der Waals surface area contributed by atoms with Crippen LogP contribution in [-0.4, -0.2) is 7.05 Å². The lowest BCUT2D eigenvalue weighted by Crippen LogP contribution is -2.16. The smallest absolute Gasteiger partial charge is 0.0758 e. The van der Waals surface area contributed by atoms with Crippen molar-refractivity contribution in [3.05, 3.63) is 34.8 Å². The molecule has 0 bridgehead atoms. The van der Waals surface area contributed by atoms with Crippen molar-refractivity contribution in [2.45, 2.75) is 6.92 Å². The van der Waals surface area contributed by atoms with Crippen LogP contribution in [0, 0.1) is 0 Å². The lowest BCUT2D eigenvalue weighted by molar-refractivity contribution is 0.918. The Kier molecular flexibility index (Phi) is 2.60. The molecule has 0 radical (unpaired) electrons. The third-order valence-electron chi connectivity index (χ3n) is 1.56. The van der Waals surface area contributed by atoms with Gasteiger partial charge in [0.25, 0.3) is 0 Å². The Balaban J connectivity index is 2.91. The SMILES string of the molecule is CN/C(C)=C1\NC=CC=C1Cl. The van der Waals surface area contributed by atoms with Crippen LogP contribution in [0.3, 0.4) is 0 Å². The van der Waals surface area contributed by atoms with Crippen molar-refractivity contribution in [3.63, 3.8) is 0 Å². The second-order valence-electron chi connectivity index (χ2n) is 2.27. The molecule has 2 N–H and O–H groups in total. The summed E-state index contributed by atoms with van der Waals surface area (Å²) in [6.45, 7) is 1.97. The van der Waals surface area contributed by atoms with Crippen molar-refractivity contribution in [2.75, 3.05) is 7.05 Å². The Bertz CT molecular complexity index is 238. The van der Waals surface area contributed by atoms with Gasteiger partial charge in [0.2, 0.25) is 0 Å². The molecule has 0 saturated carbocycles. The maximum absolute atomic E-state index is 5.91. The Hall–Kier alpha value is -0.890. The quantitative estimate of drug-likeness (QED) is 0.626. The lowest BCUT2D eigenvalue weighted by Gasteiger charge is -2.13. The molecule has 1 aliphatic rings. The van der Waals surface area contributed by atoms with E-state index in [4.69, 9.17) is 11.6 Å². The highest BCUT2D eigenvalue weighted by Gasteiger charge is 2.05. The number of allylic oxidation sites excluding steroid dienone is 4. The first-order chi connectivity index (χ1) is 5.25. The Morgan fingerprint density at radius 1 is 1.64 bits per heavy atom. The minimum Gasteiger partial charge on any atom is -0.390 e. The summed E-state index contributed by atoms with van der Waals surface area (Å²) in [5.41, 5.74) is 1.98. The average molecular weight is 171 g/mol. The van der Waals surface area contributed by atoms with Gasteiger partial charge in [-0.3, -0.25) is 0 Å². The summed E-state index contributed by atoms with van der Waals surface area (Å²) in [7, 11) is 1.87. The molecule has 2 nitrogen and oxygen atoms in total. The lowest BCUT2D eigenvalue weighted by atomic mass is 10.2. The molecule has 0 saturated heterocycles. The number of rotatable bonds is 1. The molecular formula is C8H11ClN2. The molecule has 0 aromatic rings. The number of hydrogen-bond acceptors (Lipinski definition) is 2. The number of hydrogen-bond donors (Lipinski definition) is 2. The standard InChI is InChI=1S/C8H11ClN2/c1-6(10-2)8-7(9)4-3-5-11-8/h3-5,10-11H,1-2H3/b8-6-. The van der Waals surface area contributed by atoms with Crippen molar-refractivity contribution >= 4 is 11.6 Å². The van der Waals surface area contributed by atoms with E-state index in [-0.39, 0.29) is 0 Å². The van der Waals surface area contributed by atoms with E-state index in [2.05, 4.69) is 10.6 Å². The van der Waals surface area contributed by atoms with Crippen molar-refractivity contribution in [1.29, 1.82) is 0 Å². The zero-order chi connectivity index (χ0) is 8.27. The van der Waals surface area contributed by atoms with Crippen molar-refractivity contribution in [3.8, 4) is 0 Å². The highest BCUT2D eigenvalue weighted by atomic mass is 35.5. The van der Waals surface area contributed by atoms with Crippen LogP contribution in [0.2, 0.25) is 0 Å². The molecule has 0 aromatic carbocycles. The molecule has 0 aliphatic carbocycles. The van der Waals surface area contributed by atoms with Gasteiger partial charge in [0.05, 0.1) is 10.7 Å². The summed E-state index contributed by atoms with van der Waals surface area (Å²) in [4.78, 5) is 0. The molecule has 60 valence electrons. The summed E-state index contributed by atoms with van der Waals surface area (Å²) in [5, 5.41) is 6.81. The predicted molar refractivity (Wildman–Crippen MR) is 48.0 cm³/mol. The van der Waals surface area contributed by atoms with Crippen molar-refractivity contribution < 1.29 is 0 Å². The third kappa shape index (κ3) is 1.77. The van der Waals surface area contributed by atoms with Gasteiger partial charge in [-0.25, -0.2) is 0 Å². The van der Waals surface area contributed by atoms with E-state index in [1.807, 2.05) is 32.3 Å². The largest absolute Gasteiger partial charge is 0.390 e. The summed E-state index contributed by atoms with van der Waals surface area (Å²) in [5.74, 6) is 0. The molecule has 11 heavy (non-hydrogen) atoms. The molecule has 0 atom stereocenters. The van der Waals surface area contributed by atoms with Gasteiger partial charge in [0.1, 0.15) is 0 Å². The fourth-order valence-corrected chi connectivity index (χ4v) is 1.10. The molecule has 1 rings (SSSR count). The van der Waals surface area contributed by atoms with Gasteiger partial charge >= 0.3 is 0 Å². The van der Waals surface area contributed by atoms with Gasteiger partial charge < -0.3 is 10.6 Å². The zero-order valence-electron chi connectivity index (χ0n) is 6.61. The monoisotopic (exact) mass is 170 g/mol. The molecule has 1 aliphatic heterocycles. The predicted octanol–water partition coefficient (Wildman–Crippen LogP) is 1.68. The van der Waals surface area contributed by atoms with E-state index < -0.39 is 0 Å². The normalized spacial score (nSPS) is 20.5. The zero-order valence-corrected chi connectivity index (χ0v) is 7.37. The highest BCUT2D eigenvalue weighted by molar-refractivity contribution is 6.32. The van der Waals surface area contributed by atoms with Crippen LogP contribution in [0.15, 0.2) is 34.8 Å². The van der Waals surface area contributed by atoms with E-state index in [1.165, 1.54) is 0 Å². The van der Waals surface area contributed by atoms with E-state index in [0.717, 1.165) is 16.4 Å². The van der Waals surface area contributed by atoms with Gasteiger partial charge in [-0.15, -0.1) is 0 Å². The molecule has 0 unspecified atom stereocenters. The van der Waals surface area contributed by atoms with Crippen molar-refractivity contribution in [2.24, 2.45) is 0 Å². The van der Waals surface area contributed by atoms with Crippen LogP contribution in [0.1, 0.15) is 6.92 Å². The van der Waals surface area contributed by atoms with E-state index in [9.17, 15) is 0 Å². The second-order valence-corrected chi connectivity index (χ2v) is 2.68. The van der Waals surface area contributed by atoms with Gasteiger partial charge in [-0.05, 0) is 19.1 Å². The van der Waals surface area contributed by atoms with Gasteiger partial charge in [0.15, 0.2) is 0 Å². The van der Waals surface area contributed by atoms with Gasteiger partial charge in [-0.2, -0.15) is 0 Å². The molecule has 3 heteroatoms. The number of nitrogens with one attached hydrogen (secondary N) is 2. The Morgan fingerprint density at radius 3 is 2.91 bits per heavy atom. The van der Waals surface area contributed by atoms with Gasteiger partial charge in [-0.1, -0.05) is 11.6 Å². The Morgan fingerprint density at radius 2 is 2.36 bits per heavy atom. The Labute approximate surface area is 71.6 Å². The number of dihydropyridines is 1. The fraction of sp³-hybridized carbons (Fsp3) is 0.250. The molecule has 1 heterocycles. The third-order valence-corrected chi connectivity index (χ3v) is 1.87. The number of halogens is 1. The molecule has 0 aromatic heterocycles. The molecule has 0 spiro atoms. The van der Waals surface area contributed by atoms with E-state index in [1.54, 1.807) is 0 Å². The minimum absolute atomic E-state index is 0.736. The van der Waals surface area contributed by atoms with Crippen LogP contribution < -0.4 is 10.6 Å². The summed E-state index contributed by atoms with van der Waals surface area (Å²) < 4.78 is 0. The van der Waals surface area contributed by atoms with Crippen LogP contribution >= 0.6 is 11.6 Å².